The predicted molar refractivity (Wildman–Crippen MR) is 75.3 cm³/mol. The predicted octanol–water partition coefficient (Wildman–Crippen LogP) is 2.30. The molecule has 0 saturated heterocycles. The number of aromatic nitrogens is 1. The van der Waals surface area contributed by atoms with E-state index in [0.29, 0.717) is 22.7 Å². The van der Waals surface area contributed by atoms with Gasteiger partial charge in [0.2, 0.25) is 0 Å². The van der Waals surface area contributed by atoms with E-state index in [1.807, 2.05) is 0 Å². The van der Waals surface area contributed by atoms with Gasteiger partial charge < -0.3 is 20.2 Å². The molecule has 3 N–H and O–H groups in total. The molecule has 1 aliphatic carbocycles. The number of benzene rings is 1. The number of hydrogen-bond donors (Lipinski definition) is 3. The average molecular weight is 289 g/mol. The van der Waals surface area contributed by atoms with Gasteiger partial charge in [0.1, 0.15) is 5.52 Å². The number of anilines is 1. The average Bonchev–Trinajstić information content (AvgIpc) is 3.18. The van der Waals surface area contributed by atoms with Gasteiger partial charge in [-0.3, -0.25) is 4.79 Å². The van der Waals surface area contributed by atoms with Gasteiger partial charge in [0.15, 0.2) is 11.5 Å². The Bertz CT molecular complexity index is 691. The van der Waals surface area contributed by atoms with Crippen molar-refractivity contribution in [2.75, 3.05) is 11.9 Å². The van der Waals surface area contributed by atoms with Crippen LogP contribution in [0.1, 0.15) is 31.1 Å². The van der Waals surface area contributed by atoms with Gasteiger partial charge in [-0.15, -0.1) is 0 Å². The summed E-state index contributed by atoms with van der Waals surface area (Å²) < 4.78 is 5.64. The van der Waals surface area contributed by atoms with E-state index in [1.54, 1.807) is 18.2 Å². The van der Waals surface area contributed by atoms with Crippen LogP contribution in [0.25, 0.3) is 11.1 Å². The number of aliphatic carboxylic acids is 1. The standard InChI is InChI=1S/C14H15N3O4/c18-12(19)5-6-15-14(20)16-9-3-4-11-10(7-9)17-13(21-11)8-1-2-8/h3-4,7-8H,1-2,5-6H2,(H,18,19)(H2,15,16,20). The maximum absolute atomic E-state index is 11.6. The lowest BCUT2D eigenvalue weighted by molar-refractivity contribution is -0.136. The zero-order chi connectivity index (χ0) is 14.8. The minimum atomic E-state index is -0.952. The number of oxazole rings is 1. The number of urea groups is 1. The number of fused-ring (bicyclic) bond motifs is 1. The van der Waals surface area contributed by atoms with Crippen LogP contribution in [0.2, 0.25) is 0 Å². The largest absolute Gasteiger partial charge is 0.481 e. The third-order valence-corrected chi connectivity index (χ3v) is 3.21. The molecule has 0 radical (unpaired) electrons. The van der Waals surface area contributed by atoms with Crippen molar-refractivity contribution in [3.8, 4) is 0 Å². The van der Waals surface area contributed by atoms with Crippen LogP contribution in [0, 0.1) is 0 Å². The molecule has 0 spiro atoms. The molecule has 2 amide bonds. The van der Waals surface area contributed by atoms with Gasteiger partial charge in [-0.05, 0) is 31.0 Å². The lowest BCUT2D eigenvalue weighted by Gasteiger charge is -2.06. The Labute approximate surface area is 120 Å². The molecule has 7 heteroatoms. The SMILES string of the molecule is O=C(O)CCNC(=O)Nc1ccc2oc(C3CC3)nc2c1. The van der Waals surface area contributed by atoms with Crippen LogP contribution >= 0.6 is 0 Å². The number of rotatable bonds is 5. The summed E-state index contributed by atoms with van der Waals surface area (Å²) in [5.74, 6) is 0.244. The summed E-state index contributed by atoms with van der Waals surface area (Å²) in [5.41, 5.74) is 2.00. The Morgan fingerprint density at radius 1 is 1.38 bits per heavy atom. The summed E-state index contributed by atoms with van der Waals surface area (Å²) in [5, 5.41) is 13.6. The van der Waals surface area contributed by atoms with E-state index in [2.05, 4.69) is 15.6 Å². The minimum Gasteiger partial charge on any atom is -0.481 e. The summed E-state index contributed by atoms with van der Waals surface area (Å²) in [6, 6.07) is 4.78. The molecule has 0 unspecified atom stereocenters. The highest BCUT2D eigenvalue weighted by Gasteiger charge is 2.28. The van der Waals surface area contributed by atoms with Gasteiger partial charge in [0, 0.05) is 18.2 Å². The highest BCUT2D eigenvalue weighted by Crippen LogP contribution is 2.40. The molecule has 1 heterocycles. The fourth-order valence-corrected chi connectivity index (χ4v) is 1.99. The van der Waals surface area contributed by atoms with Crippen molar-refractivity contribution < 1.29 is 19.1 Å². The van der Waals surface area contributed by atoms with Crippen molar-refractivity contribution in [1.82, 2.24) is 10.3 Å². The monoisotopic (exact) mass is 289 g/mol. The van der Waals surface area contributed by atoms with Gasteiger partial charge in [-0.2, -0.15) is 0 Å². The quantitative estimate of drug-likeness (QED) is 0.783. The second-order valence-corrected chi connectivity index (χ2v) is 5.03. The number of carboxylic acid groups (broad SMARTS) is 1. The molecular weight excluding hydrogens is 274 g/mol. The second-order valence-electron chi connectivity index (χ2n) is 5.03. The first-order valence-electron chi connectivity index (χ1n) is 6.79. The minimum absolute atomic E-state index is 0.0825. The molecule has 0 atom stereocenters. The lowest BCUT2D eigenvalue weighted by Crippen LogP contribution is -2.30. The smallest absolute Gasteiger partial charge is 0.319 e. The van der Waals surface area contributed by atoms with Crippen LogP contribution in [0.5, 0.6) is 0 Å². The molecule has 110 valence electrons. The van der Waals surface area contributed by atoms with E-state index in [4.69, 9.17) is 9.52 Å². The second kappa shape index (κ2) is 5.43. The third-order valence-electron chi connectivity index (χ3n) is 3.21. The fraction of sp³-hybridized carbons (Fsp3) is 0.357. The van der Waals surface area contributed by atoms with Gasteiger partial charge in [-0.1, -0.05) is 0 Å². The fourth-order valence-electron chi connectivity index (χ4n) is 1.99. The van der Waals surface area contributed by atoms with Gasteiger partial charge in [-0.25, -0.2) is 9.78 Å². The number of amides is 2. The van der Waals surface area contributed by atoms with Gasteiger partial charge in [0.25, 0.3) is 0 Å². The topological polar surface area (TPSA) is 104 Å². The first-order chi connectivity index (χ1) is 10.1. The Kier molecular flexibility index (Phi) is 3.47. The third kappa shape index (κ3) is 3.31. The van der Waals surface area contributed by atoms with Gasteiger partial charge >= 0.3 is 12.0 Å². The van der Waals surface area contributed by atoms with Crippen LogP contribution in [0.4, 0.5) is 10.5 Å². The van der Waals surface area contributed by atoms with Crippen molar-refractivity contribution in [3.63, 3.8) is 0 Å². The maximum Gasteiger partial charge on any atom is 0.319 e. The Morgan fingerprint density at radius 2 is 2.19 bits per heavy atom. The molecule has 1 aliphatic rings. The summed E-state index contributed by atoms with van der Waals surface area (Å²) in [6.45, 7) is 0.0825. The number of carbonyl (C=O) groups excluding carboxylic acids is 1. The number of carbonyl (C=O) groups is 2. The van der Waals surface area contributed by atoms with Crippen LogP contribution in [0.3, 0.4) is 0 Å². The zero-order valence-electron chi connectivity index (χ0n) is 11.3. The van der Waals surface area contributed by atoms with Crippen LogP contribution in [-0.2, 0) is 4.79 Å². The molecule has 0 bridgehead atoms. The van der Waals surface area contributed by atoms with Crippen molar-refractivity contribution >= 4 is 28.8 Å². The van der Waals surface area contributed by atoms with E-state index >= 15 is 0 Å². The highest BCUT2D eigenvalue weighted by atomic mass is 16.4. The molecule has 2 aromatic rings. The van der Waals surface area contributed by atoms with E-state index in [0.717, 1.165) is 18.7 Å². The zero-order valence-corrected chi connectivity index (χ0v) is 11.3. The van der Waals surface area contributed by atoms with E-state index in [1.165, 1.54) is 0 Å². The Balaban J connectivity index is 1.63. The summed E-state index contributed by atoms with van der Waals surface area (Å²) >= 11 is 0. The van der Waals surface area contributed by atoms with Crippen molar-refractivity contribution in [2.45, 2.75) is 25.2 Å². The van der Waals surface area contributed by atoms with Crippen molar-refractivity contribution in [3.05, 3.63) is 24.1 Å². The summed E-state index contributed by atoms with van der Waals surface area (Å²) in [7, 11) is 0. The molecule has 1 aromatic carbocycles. The van der Waals surface area contributed by atoms with Crippen molar-refractivity contribution in [1.29, 1.82) is 0 Å². The molecule has 1 saturated carbocycles. The first-order valence-corrected chi connectivity index (χ1v) is 6.79. The summed E-state index contributed by atoms with van der Waals surface area (Å²) in [4.78, 5) is 26.4. The van der Waals surface area contributed by atoms with Crippen LogP contribution < -0.4 is 10.6 Å². The number of nitrogens with zero attached hydrogens (tertiary/aromatic N) is 1. The van der Waals surface area contributed by atoms with Gasteiger partial charge in [0.05, 0.1) is 6.42 Å². The number of carboxylic acids is 1. The molecule has 1 aromatic heterocycles. The van der Waals surface area contributed by atoms with E-state index in [-0.39, 0.29) is 13.0 Å². The maximum atomic E-state index is 11.6. The molecule has 1 fully saturated rings. The highest BCUT2D eigenvalue weighted by molar-refractivity contribution is 5.91. The Morgan fingerprint density at radius 3 is 2.90 bits per heavy atom. The molecular formula is C14H15N3O4. The number of hydrogen-bond acceptors (Lipinski definition) is 4. The molecule has 3 rings (SSSR count). The number of nitrogens with one attached hydrogen (secondary N) is 2. The molecule has 7 nitrogen and oxygen atoms in total. The normalized spacial score (nSPS) is 14.1. The van der Waals surface area contributed by atoms with E-state index < -0.39 is 12.0 Å². The molecule has 0 aliphatic heterocycles. The Hall–Kier alpha value is -2.57. The lowest BCUT2D eigenvalue weighted by atomic mass is 10.3. The van der Waals surface area contributed by atoms with Crippen molar-refractivity contribution in [2.24, 2.45) is 0 Å². The molecule has 21 heavy (non-hydrogen) atoms. The first kappa shape index (κ1) is 13.4. The summed E-state index contributed by atoms with van der Waals surface area (Å²) in [6.07, 6.45) is 2.12. The van der Waals surface area contributed by atoms with Crippen LogP contribution in [0.15, 0.2) is 22.6 Å². The van der Waals surface area contributed by atoms with Crippen LogP contribution in [-0.4, -0.2) is 28.6 Å². The van der Waals surface area contributed by atoms with E-state index in [9.17, 15) is 9.59 Å².